The Hall–Kier alpha value is -2.05. The van der Waals surface area contributed by atoms with Gasteiger partial charge >= 0.3 is 0 Å². The van der Waals surface area contributed by atoms with E-state index in [1.165, 1.54) is 0 Å². The van der Waals surface area contributed by atoms with Crippen LogP contribution in [0.5, 0.6) is 0 Å². The lowest BCUT2D eigenvalue weighted by Gasteiger charge is -2.58. The molecular weight excluding hydrogens is 388 g/mol. The summed E-state index contributed by atoms with van der Waals surface area (Å²) >= 11 is 0. The second kappa shape index (κ2) is 5.99. The second-order valence-corrected chi connectivity index (χ2v) is 10.5. The minimum Gasteiger partial charge on any atom is -0.748 e. The van der Waals surface area contributed by atoms with Gasteiger partial charge in [0.2, 0.25) is 0 Å². The van der Waals surface area contributed by atoms with E-state index in [2.05, 4.69) is 6.92 Å². The number of allylic oxidation sites excluding steroid dienone is 2. The van der Waals surface area contributed by atoms with Crippen molar-refractivity contribution in [3.63, 3.8) is 0 Å². The highest BCUT2D eigenvalue weighted by molar-refractivity contribution is 7.85. The summed E-state index contributed by atoms with van der Waals surface area (Å²) in [7, 11) is -4.41. The van der Waals surface area contributed by atoms with Gasteiger partial charge in [-0.25, -0.2) is 8.42 Å². The van der Waals surface area contributed by atoms with Crippen molar-refractivity contribution >= 4 is 33.8 Å². The van der Waals surface area contributed by atoms with E-state index in [1.807, 2.05) is 30.3 Å². The maximum atomic E-state index is 12.5. The van der Waals surface area contributed by atoms with Crippen LogP contribution in [0.25, 0.3) is 12.2 Å². The van der Waals surface area contributed by atoms with E-state index in [9.17, 15) is 22.6 Å². The van der Waals surface area contributed by atoms with Gasteiger partial charge in [-0.15, -0.1) is 0 Å². The number of benzene rings is 1. The van der Waals surface area contributed by atoms with Crippen LogP contribution in [0.2, 0.25) is 0 Å². The van der Waals surface area contributed by atoms with E-state index in [0.29, 0.717) is 23.7 Å². The van der Waals surface area contributed by atoms with Crippen LogP contribution in [0.4, 0.5) is 0 Å². The molecule has 29 heavy (non-hydrogen) atoms. The summed E-state index contributed by atoms with van der Waals surface area (Å²) in [5, 5.41) is 0. The Labute approximate surface area is 170 Å². The van der Waals surface area contributed by atoms with Gasteiger partial charge in [0.05, 0.1) is 21.3 Å². The average molecular weight is 411 g/mol. The minimum absolute atomic E-state index is 0.0758. The van der Waals surface area contributed by atoms with Crippen LogP contribution in [0.3, 0.4) is 0 Å². The van der Waals surface area contributed by atoms with Gasteiger partial charge in [-0.05, 0) is 55.4 Å². The normalized spacial score (nSPS) is 37.9. The van der Waals surface area contributed by atoms with Gasteiger partial charge in [0, 0.05) is 28.4 Å². The molecule has 0 saturated heterocycles. The SMILES string of the molecule is CCC12CCC1/C(=C\c1ccc(/C=C3/C(=O)C4(CS(=O)(=O)[O-])CCC34)cc1)C2=O. The van der Waals surface area contributed by atoms with Gasteiger partial charge in [0.1, 0.15) is 0 Å². The van der Waals surface area contributed by atoms with Crippen molar-refractivity contribution in [3.05, 3.63) is 46.5 Å². The van der Waals surface area contributed by atoms with Gasteiger partial charge in [0.15, 0.2) is 11.6 Å². The molecule has 1 aromatic rings. The number of hydrogen-bond acceptors (Lipinski definition) is 5. The third kappa shape index (κ3) is 2.51. The van der Waals surface area contributed by atoms with E-state index in [0.717, 1.165) is 42.4 Å². The second-order valence-electron chi connectivity index (χ2n) is 9.07. The van der Waals surface area contributed by atoms with Crippen molar-refractivity contribution in [2.45, 2.75) is 39.0 Å². The van der Waals surface area contributed by atoms with E-state index in [-0.39, 0.29) is 17.1 Å². The summed E-state index contributed by atoms with van der Waals surface area (Å²) in [5.41, 5.74) is 2.37. The maximum Gasteiger partial charge on any atom is 0.166 e. The molecular formula is C23H23O5S-. The van der Waals surface area contributed by atoms with E-state index in [4.69, 9.17) is 0 Å². The Morgan fingerprint density at radius 2 is 1.38 bits per heavy atom. The Kier molecular flexibility index (Phi) is 3.91. The summed E-state index contributed by atoms with van der Waals surface area (Å²) in [4.78, 5) is 25.0. The molecule has 0 amide bonds. The fourth-order valence-electron chi connectivity index (χ4n) is 5.98. The van der Waals surface area contributed by atoms with Crippen molar-refractivity contribution in [3.8, 4) is 0 Å². The summed E-state index contributed by atoms with van der Waals surface area (Å²) in [6.07, 6.45) is 8.06. The number of carbonyl (C=O) groups is 2. The first-order valence-electron chi connectivity index (χ1n) is 10.3. The molecule has 4 unspecified atom stereocenters. The molecule has 0 heterocycles. The van der Waals surface area contributed by atoms with Crippen LogP contribution in [-0.4, -0.2) is 30.3 Å². The standard InChI is InChI=1S/C23H24O5S/c1-2-22-9-7-18(22)16(20(22)24)11-14-3-5-15(6-4-14)12-17-19-8-10-23(19,21(17)25)13-29(26,27)28/h3-6,11-12,18-19H,2,7-10,13H2,1H3,(H,26,27,28)/p-1/b16-11+,17-12+. The van der Waals surface area contributed by atoms with Crippen LogP contribution in [0.1, 0.15) is 50.2 Å². The molecule has 4 aliphatic carbocycles. The number of rotatable bonds is 5. The highest BCUT2D eigenvalue weighted by atomic mass is 32.2. The molecule has 0 N–H and O–H groups in total. The molecule has 4 saturated carbocycles. The van der Waals surface area contributed by atoms with Gasteiger partial charge in [-0.3, -0.25) is 9.59 Å². The third-order valence-electron chi connectivity index (χ3n) is 7.92. The number of hydrogen-bond donors (Lipinski definition) is 0. The van der Waals surface area contributed by atoms with Gasteiger partial charge in [-0.2, -0.15) is 0 Å². The lowest BCUT2D eigenvalue weighted by molar-refractivity contribution is -0.147. The summed E-state index contributed by atoms with van der Waals surface area (Å²) in [5.74, 6) is -0.174. The van der Waals surface area contributed by atoms with Crippen LogP contribution in [0.15, 0.2) is 35.4 Å². The molecule has 0 bridgehead atoms. The first-order valence-corrected chi connectivity index (χ1v) is 11.8. The van der Waals surface area contributed by atoms with E-state index in [1.54, 1.807) is 6.08 Å². The molecule has 4 aliphatic rings. The van der Waals surface area contributed by atoms with Crippen molar-refractivity contribution in [1.82, 2.24) is 0 Å². The molecule has 0 aliphatic heterocycles. The predicted octanol–water partition coefficient (Wildman–Crippen LogP) is 3.37. The molecule has 0 aromatic heterocycles. The van der Waals surface area contributed by atoms with E-state index >= 15 is 0 Å². The summed E-state index contributed by atoms with van der Waals surface area (Å²) in [6, 6.07) is 7.70. The predicted molar refractivity (Wildman–Crippen MR) is 108 cm³/mol. The molecule has 6 heteroatoms. The van der Waals surface area contributed by atoms with Gasteiger partial charge in [0.25, 0.3) is 0 Å². The monoisotopic (exact) mass is 411 g/mol. The van der Waals surface area contributed by atoms with E-state index < -0.39 is 21.3 Å². The van der Waals surface area contributed by atoms with Crippen molar-refractivity contribution in [2.75, 3.05) is 5.75 Å². The molecule has 1 aromatic carbocycles. The molecule has 0 spiro atoms. The Morgan fingerprint density at radius 1 is 0.931 bits per heavy atom. The third-order valence-corrected chi connectivity index (χ3v) is 8.79. The minimum atomic E-state index is -4.41. The topological polar surface area (TPSA) is 91.3 Å². The summed E-state index contributed by atoms with van der Waals surface area (Å²) < 4.78 is 33.4. The number of ketones is 2. The van der Waals surface area contributed by atoms with Crippen LogP contribution in [-0.2, 0) is 19.7 Å². The molecule has 5 nitrogen and oxygen atoms in total. The molecule has 4 atom stereocenters. The molecule has 4 fully saturated rings. The Morgan fingerprint density at radius 3 is 1.69 bits per heavy atom. The van der Waals surface area contributed by atoms with Gasteiger partial charge in [-0.1, -0.05) is 31.2 Å². The Bertz CT molecular complexity index is 1090. The van der Waals surface area contributed by atoms with Crippen LogP contribution in [0, 0.1) is 22.7 Å². The summed E-state index contributed by atoms with van der Waals surface area (Å²) in [6.45, 7) is 2.09. The van der Waals surface area contributed by atoms with Crippen LogP contribution < -0.4 is 0 Å². The zero-order chi connectivity index (χ0) is 20.6. The highest BCUT2D eigenvalue weighted by Crippen LogP contribution is 2.64. The fraction of sp³-hybridized carbons (Fsp3) is 0.478. The lowest BCUT2D eigenvalue weighted by Crippen LogP contribution is -2.62. The lowest BCUT2D eigenvalue weighted by atomic mass is 9.43. The largest absolute Gasteiger partial charge is 0.748 e. The number of carbonyl (C=O) groups excluding carboxylic acids is 2. The Balaban J connectivity index is 1.32. The van der Waals surface area contributed by atoms with Crippen LogP contribution >= 0.6 is 0 Å². The van der Waals surface area contributed by atoms with Crippen molar-refractivity contribution in [1.29, 1.82) is 0 Å². The van der Waals surface area contributed by atoms with Crippen molar-refractivity contribution < 1.29 is 22.6 Å². The van der Waals surface area contributed by atoms with Gasteiger partial charge < -0.3 is 4.55 Å². The highest BCUT2D eigenvalue weighted by Gasteiger charge is 2.64. The van der Waals surface area contributed by atoms with Crippen molar-refractivity contribution in [2.24, 2.45) is 22.7 Å². The molecule has 152 valence electrons. The quantitative estimate of drug-likeness (QED) is 0.547. The fourth-order valence-corrected chi connectivity index (χ4v) is 7.08. The first-order chi connectivity index (χ1) is 13.7. The molecule has 0 radical (unpaired) electrons. The molecule has 5 rings (SSSR count). The number of Topliss-reactive ketones (excluding diaryl/α,β-unsaturated/α-hetero) is 2. The maximum absolute atomic E-state index is 12.5. The first kappa shape index (κ1) is 18.9. The zero-order valence-corrected chi connectivity index (χ0v) is 17.1. The number of fused-ring (bicyclic) bond motifs is 2. The average Bonchev–Trinajstić information content (AvgIpc) is 2.64. The smallest absolute Gasteiger partial charge is 0.166 e. The zero-order valence-electron chi connectivity index (χ0n) is 16.3.